The molecule has 176 valence electrons. The van der Waals surface area contributed by atoms with E-state index >= 15 is 0 Å². The van der Waals surface area contributed by atoms with Crippen molar-refractivity contribution in [3.05, 3.63) is 97.6 Å². The molecule has 1 atom stereocenters. The Bertz CT molecular complexity index is 1440. The summed E-state index contributed by atoms with van der Waals surface area (Å²) in [4.78, 5) is 15.3. The molecular weight excluding hydrogens is 526 g/mol. The van der Waals surface area contributed by atoms with Gasteiger partial charge in [0, 0.05) is 33.4 Å². The average molecular weight is 549 g/mol. The molecule has 1 unspecified atom stereocenters. The SMILES string of the molecule is Cc1ccc(-n2nc(C)c(C3C(C#N)=C(N)N(c4ccc(Br)cc4)C4=C3C(=O)CCC4)c2Cl)cc1. The van der Waals surface area contributed by atoms with Crippen molar-refractivity contribution >= 4 is 39.0 Å². The zero-order valence-electron chi connectivity index (χ0n) is 19.3. The van der Waals surface area contributed by atoms with Crippen molar-refractivity contribution in [3.8, 4) is 11.8 Å². The molecule has 0 saturated heterocycles. The van der Waals surface area contributed by atoms with E-state index in [1.807, 2.05) is 67.3 Å². The molecule has 0 spiro atoms. The molecule has 35 heavy (non-hydrogen) atoms. The summed E-state index contributed by atoms with van der Waals surface area (Å²) in [5.74, 6) is -0.342. The van der Waals surface area contributed by atoms with Gasteiger partial charge in [-0.3, -0.25) is 9.69 Å². The number of nitrogens with zero attached hydrogens (tertiary/aromatic N) is 4. The number of nitrogens with two attached hydrogens (primary N) is 1. The first-order chi connectivity index (χ1) is 16.8. The number of rotatable bonds is 3. The summed E-state index contributed by atoms with van der Waals surface area (Å²) < 4.78 is 2.59. The zero-order chi connectivity index (χ0) is 24.9. The van der Waals surface area contributed by atoms with Crippen LogP contribution in [-0.2, 0) is 4.79 Å². The average Bonchev–Trinajstić information content (AvgIpc) is 3.13. The fraction of sp³-hybridized carbons (Fsp3) is 0.222. The summed E-state index contributed by atoms with van der Waals surface area (Å²) >= 11 is 10.4. The minimum atomic E-state index is -0.666. The molecule has 1 aliphatic carbocycles. The maximum absolute atomic E-state index is 13.4. The maximum atomic E-state index is 13.4. The highest BCUT2D eigenvalue weighted by Crippen LogP contribution is 2.48. The fourth-order valence-corrected chi connectivity index (χ4v) is 5.60. The number of carbonyl (C=O) groups is 1. The molecule has 5 rings (SSSR count). The van der Waals surface area contributed by atoms with Crippen molar-refractivity contribution in [2.24, 2.45) is 5.73 Å². The Morgan fingerprint density at radius 1 is 1.09 bits per heavy atom. The molecule has 2 aromatic carbocycles. The monoisotopic (exact) mass is 547 g/mol. The van der Waals surface area contributed by atoms with Gasteiger partial charge in [0.2, 0.25) is 0 Å². The molecule has 1 aliphatic heterocycles. The van der Waals surface area contributed by atoms with Crippen LogP contribution in [-0.4, -0.2) is 15.6 Å². The van der Waals surface area contributed by atoms with E-state index in [0.717, 1.165) is 33.5 Å². The lowest BCUT2D eigenvalue weighted by Gasteiger charge is -2.39. The second-order valence-electron chi connectivity index (χ2n) is 8.83. The molecule has 0 saturated carbocycles. The largest absolute Gasteiger partial charge is 0.384 e. The third-order valence-electron chi connectivity index (χ3n) is 6.61. The highest BCUT2D eigenvalue weighted by atomic mass is 79.9. The summed E-state index contributed by atoms with van der Waals surface area (Å²) in [6, 6.07) is 17.8. The molecule has 2 heterocycles. The molecule has 6 nitrogen and oxygen atoms in total. The number of hydrogen-bond donors (Lipinski definition) is 1. The fourth-order valence-electron chi connectivity index (χ4n) is 4.96. The molecular formula is C27H23BrClN5O. The van der Waals surface area contributed by atoms with Crippen LogP contribution in [0.5, 0.6) is 0 Å². The van der Waals surface area contributed by atoms with Crippen LogP contribution in [0.2, 0.25) is 5.15 Å². The van der Waals surface area contributed by atoms with Gasteiger partial charge in [-0.05, 0) is 63.1 Å². The Morgan fingerprint density at radius 3 is 2.40 bits per heavy atom. The van der Waals surface area contributed by atoms with Gasteiger partial charge in [0.1, 0.15) is 11.0 Å². The first-order valence-corrected chi connectivity index (χ1v) is 12.5. The molecule has 2 aliphatic rings. The highest BCUT2D eigenvalue weighted by molar-refractivity contribution is 9.10. The number of benzene rings is 2. The Balaban J connectivity index is 1.73. The third kappa shape index (κ3) is 3.87. The Kier molecular flexibility index (Phi) is 6.04. The van der Waals surface area contributed by atoms with Crippen LogP contribution in [0, 0.1) is 25.2 Å². The van der Waals surface area contributed by atoms with E-state index in [0.29, 0.717) is 46.2 Å². The standard InChI is InChI=1S/C27H23BrClN5O/c1-15-6-10-19(11-7-15)34-26(29)23(16(2)32-34)24-20(14-30)27(31)33(18-12-8-17(28)9-13-18)21-4-3-5-22(35)25(21)24/h6-13,24H,3-5,31H2,1-2H3. The molecule has 2 N–H and O–H groups in total. The predicted octanol–water partition coefficient (Wildman–Crippen LogP) is 6.21. The lowest BCUT2D eigenvalue weighted by Crippen LogP contribution is -2.38. The van der Waals surface area contributed by atoms with Gasteiger partial charge < -0.3 is 5.73 Å². The van der Waals surface area contributed by atoms with Gasteiger partial charge in [0.25, 0.3) is 0 Å². The van der Waals surface area contributed by atoms with Crippen LogP contribution in [0.1, 0.15) is 42.0 Å². The van der Waals surface area contributed by atoms with Gasteiger partial charge >= 0.3 is 0 Å². The number of halogens is 2. The van der Waals surface area contributed by atoms with Crippen LogP contribution < -0.4 is 10.6 Å². The molecule has 8 heteroatoms. The lowest BCUT2D eigenvalue weighted by molar-refractivity contribution is -0.116. The Hall–Kier alpha value is -3.34. The first kappa shape index (κ1) is 23.4. The number of anilines is 1. The molecule has 0 amide bonds. The Morgan fingerprint density at radius 2 is 1.74 bits per heavy atom. The van der Waals surface area contributed by atoms with Crippen molar-refractivity contribution in [2.75, 3.05) is 4.90 Å². The normalized spacial score (nSPS) is 18.1. The van der Waals surface area contributed by atoms with Crippen LogP contribution in [0.3, 0.4) is 0 Å². The quantitative estimate of drug-likeness (QED) is 0.420. The van der Waals surface area contributed by atoms with E-state index in [4.69, 9.17) is 17.3 Å². The summed E-state index contributed by atoms with van der Waals surface area (Å²) in [7, 11) is 0. The highest BCUT2D eigenvalue weighted by Gasteiger charge is 2.42. The number of ketones is 1. The summed E-state index contributed by atoms with van der Waals surface area (Å²) in [6.07, 6.45) is 1.82. The van der Waals surface area contributed by atoms with Crippen molar-refractivity contribution in [3.63, 3.8) is 0 Å². The van der Waals surface area contributed by atoms with E-state index in [-0.39, 0.29) is 5.78 Å². The first-order valence-electron chi connectivity index (χ1n) is 11.4. The number of aryl methyl sites for hydroxylation is 2. The minimum absolute atomic E-state index is 0.0113. The van der Waals surface area contributed by atoms with Crippen LogP contribution >= 0.6 is 27.5 Å². The maximum Gasteiger partial charge on any atom is 0.161 e. The molecule has 0 fully saturated rings. The lowest BCUT2D eigenvalue weighted by atomic mass is 9.75. The van der Waals surface area contributed by atoms with Crippen LogP contribution in [0.4, 0.5) is 5.69 Å². The number of carbonyl (C=O) groups excluding carboxylic acids is 1. The second kappa shape index (κ2) is 9.03. The zero-order valence-corrected chi connectivity index (χ0v) is 21.7. The van der Waals surface area contributed by atoms with E-state index < -0.39 is 5.92 Å². The van der Waals surface area contributed by atoms with E-state index in [1.54, 1.807) is 4.68 Å². The van der Waals surface area contributed by atoms with Crippen molar-refractivity contribution in [1.82, 2.24) is 9.78 Å². The second-order valence-corrected chi connectivity index (χ2v) is 10.1. The van der Waals surface area contributed by atoms with Gasteiger partial charge in [0.05, 0.1) is 28.9 Å². The van der Waals surface area contributed by atoms with Crippen molar-refractivity contribution in [2.45, 2.75) is 39.0 Å². The van der Waals surface area contributed by atoms with Gasteiger partial charge in [-0.25, -0.2) is 4.68 Å². The number of hydrogen-bond acceptors (Lipinski definition) is 5. The van der Waals surface area contributed by atoms with Gasteiger partial charge in [-0.1, -0.05) is 45.2 Å². The van der Waals surface area contributed by atoms with Gasteiger partial charge in [-0.2, -0.15) is 10.4 Å². The van der Waals surface area contributed by atoms with Crippen LogP contribution in [0.25, 0.3) is 5.69 Å². The van der Waals surface area contributed by atoms with Gasteiger partial charge in [-0.15, -0.1) is 0 Å². The predicted molar refractivity (Wildman–Crippen MR) is 140 cm³/mol. The van der Waals surface area contributed by atoms with Crippen molar-refractivity contribution in [1.29, 1.82) is 5.26 Å². The number of Topliss-reactive ketones (excluding diaryl/α,β-unsaturated/α-hetero) is 1. The van der Waals surface area contributed by atoms with Crippen molar-refractivity contribution < 1.29 is 4.79 Å². The summed E-state index contributed by atoms with van der Waals surface area (Å²) in [5, 5.41) is 15.4. The van der Waals surface area contributed by atoms with E-state index in [1.165, 1.54) is 0 Å². The topological polar surface area (TPSA) is 87.9 Å². The number of aromatic nitrogens is 2. The molecule has 1 aromatic heterocycles. The van der Waals surface area contributed by atoms with E-state index in [2.05, 4.69) is 27.1 Å². The number of nitriles is 1. The summed E-state index contributed by atoms with van der Waals surface area (Å²) in [5.41, 5.74) is 12.4. The molecule has 3 aromatic rings. The van der Waals surface area contributed by atoms with E-state index in [9.17, 15) is 10.1 Å². The Labute approximate surface area is 217 Å². The number of allylic oxidation sites excluding steroid dienone is 3. The third-order valence-corrected chi connectivity index (χ3v) is 7.51. The van der Waals surface area contributed by atoms with Crippen LogP contribution in [0.15, 0.2) is 75.7 Å². The molecule has 0 bridgehead atoms. The minimum Gasteiger partial charge on any atom is -0.384 e. The summed E-state index contributed by atoms with van der Waals surface area (Å²) in [6.45, 7) is 3.87. The molecule has 0 radical (unpaired) electrons. The smallest absolute Gasteiger partial charge is 0.161 e. The van der Waals surface area contributed by atoms with Gasteiger partial charge in [0.15, 0.2) is 5.78 Å².